The number of amides is 2. The highest BCUT2D eigenvalue weighted by molar-refractivity contribution is 5.99. The number of nitrogens with one attached hydrogen (secondary N) is 2. The van der Waals surface area contributed by atoms with Gasteiger partial charge in [0.2, 0.25) is 11.9 Å². The van der Waals surface area contributed by atoms with Crippen molar-refractivity contribution in [2.45, 2.75) is 48.9 Å². The van der Waals surface area contributed by atoms with E-state index in [4.69, 9.17) is 9.47 Å². The lowest BCUT2D eigenvalue weighted by atomic mass is 10.1. The van der Waals surface area contributed by atoms with Crippen LogP contribution in [0.15, 0.2) is 48.8 Å². The fraction of sp³-hybridized carbons (Fsp3) is 0.444. The molecule has 15 heteroatoms. The van der Waals surface area contributed by atoms with Gasteiger partial charge in [0, 0.05) is 30.3 Å². The van der Waals surface area contributed by atoms with Gasteiger partial charge in [-0.1, -0.05) is 0 Å². The molecule has 2 amide bonds. The molecule has 4 atom stereocenters. The van der Waals surface area contributed by atoms with E-state index >= 15 is 0 Å². The zero-order chi connectivity index (χ0) is 29.1. The first-order valence-corrected chi connectivity index (χ1v) is 13.5. The molecule has 4 aliphatic heterocycles. The molecule has 0 spiro atoms. The molecule has 42 heavy (non-hydrogen) atoms. The largest absolute Gasteiger partial charge is 0.377 e. The number of alkyl halides is 4. The summed E-state index contributed by atoms with van der Waals surface area (Å²) in [5.74, 6) is -5.95. The summed E-state index contributed by atoms with van der Waals surface area (Å²) >= 11 is 0. The summed E-state index contributed by atoms with van der Waals surface area (Å²) in [6, 6.07) is 5.53. The molecule has 3 aromatic rings. The van der Waals surface area contributed by atoms with E-state index in [9.17, 15) is 22.4 Å². The van der Waals surface area contributed by atoms with Crippen LogP contribution in [0.25, 0.3) is 11.4 Å². The number of ether oxygens (including phenoxy) is 2. The maximum Gasteiger partial charge on any atom is 0.323 e. The molecular formula is C27H26F4N8O3. The van der Waals surface area contributed by atoms with Crippen molar-refractivity contribution in [3.63, 3.8) is 0 Å². The van der Waals surface area contributed by atoms with Gasteiger partial charge in [0.25, 0.3) is 11.8 Å². The summed E-state index contributed by atoms with van der Waals surface area (Å²) in [5.41, 5.74) is 1.46. The second kappa shape index (κ2) is 10.0. The zero-order valence-electron chi connectivity index (χ0n) is 22.1. The van der Waals surface area contributed by atoms with Crippen LogP contribution in [-0.2, 0) is 9.47 Å². The van der Waals surface area contributed by atoms with Gasteiger partial charge in [-0.3, -0.25) is 4.98 Å². The Kier molecular flexibility index (Phi) is 6.38. The molecule has 11 nitrogen and oxygen atoms in total. The third kappa shape index (κ3) is 4.75. The number of carbonyl (C=O) groups is 1. The molecule has 4 unspecified atom stereocenters. The highest BCUT2D eigenvalue weighted by Crippen LogP contribution is 2.45. The molecular weight excluding hydrogens is 560 g/mol. The average Bonchev–Trinajstić information content (AvgIpc) is 3.22. The molecule has 2 N–H and O–H groups in total. The van der Waals surface area contributed by atoms with Crippen LogP contribution in [0.3, 0.4) is 0 Å². The molecule has 4 saturated heterocycles. The van der Waals surface area contributed by atoms with E-state index in [0.29, 0.717) is 16.9 Å². The summed E-state index contributed by atoms with van der Waals surface area (Å²) in [6.07, 6.45) is 2.25. The molecule has 6 heterocycles. The second-order valence-electron chi connectivity index (χ2n) is 10.8. The van der Waals surface area contributed by atoms with Gasteiger partial charge >= 0.3 is 6.03 Å². The van der Waals surface area contributed by atoms with E-state index in [1.54, 1.807) is 42.6 Å². The number of rotatable bonds is 5. The number of aromatic nitrogens is 4. The van der Waals surface area contributed by atoms with Crippen LogP contribution in [0.5, 0.6) is 0 Å². The maximum absolute atomic E-state index is 14.9. The lowest BCUT2D eigenvalue weighted by Crippen LogP contribution is -2.52. The molecule has 0 saturated carbocycles. The van der Waals surface area contributed by atoms with Crippen molar-refractivity contribution in [1.29, 1.82) is 0 Å². The summed E-state index contributed by atoms with van der Waals surface area (Å²) in [7, 11) is 0. The lowest BCUT2D eigenvalue weighted by molar-refractivity contribution is -0.0248. The van der Waals surface area contributed by atoms with Gasteiger partial charge in [-0.15, -0.1) is 0 Å². The summed E-state index contributed by atoms with van der Waals surface area (Å²) in [5, 5.41) is 5.38. The van der Waals surface area contributed by atoms with Crippen molar-refractivity contribution >= 4 is 29.3 Å². The number of nitrogens with zero attached hydrogens (tertiary/aromatic N) is 6. The lowest BCUT2D eigenvalue weighted by Gasteiger charge is -2.37. The van der Waals surface area contributed by atoms with Crippen LogP contribution in [0, 0.1) is 0 Å². The molecule has 4 fully saturated rings. The number of morpholine rings is 2. The van der Waals surface area contributed by atoms with Gasteiger partial charge in [-0.25, -0.2) is 22.4 Å². The highest BCUT2D eigenvalue weighted by atomic mass is 19.3. The van der Waals surface area contributed by atoms with Crippen LogP contribution in [-0.4, -0.2) is 88.4 Å². The zero-order valence-corrected chi connectivity index (χ0v) is 22.1. The fourth-order valence-corrected chi connectivity index (χ4v) is 6.08. The standard InChI is InChI=1S/C27H26F4N8O3/c28-26(29)8-18-11-41-13-20(26)38(18)23-35-22(36-24(37-23)39-19-9-27(30,31)21(39)14-42-12-19)15-3-5-16(6-4-15)33-25(40)34-17-2-1-7-32-10-17/h1-7,10,18-21H,8-9,11-14H2,(H2,33,34,40). The molecule has 2 aromatic heterocycles. The monoisotopic (exact) mass is 586 g/mol. The number of anilines is 4. The van der Waals surface area contributed by atoms with E-state index < -0.39 is 54.9 Å². The van der Waals surface area contributed by atoms with E-state index in [1.807, 2.05) is 0 Å². The minimum Gasteiger partial charge on any atom is -0.377 e. The van der Waals surface area contributed by atoms with Gasteiger partial charge < -0.3 is 29.9 Å². The summed E-state index contributed by atoms with van der Waals surface area (Å²) < 4.78 is 70.3. The minimum absolute atomic E-state index is 0.0160. The van der Waals surface area contributed by atoms with Crippen LogP contribution in [0.2, 0.25) is 0 Å². The van der Waals surface area contributed by atoms with Crippen molar-refractivity contribution < 1.29 is 31.8 Å². The number of carbonyl (C=O) groups excluding carboxylic acids is 1. The van der Waals surface area contributed by atoms with Crippen LogP contribution in [0.4, 0.5) is 45.6 Å². The molecule has 4 aliphatic rings. The smallest absolute Gasteiger partial charge is 0.323 e. The van der Waals surface area contributed by atoms with Crippen molar-refractivity contribution in [3.05, 3.63) is 48.8 Å². The predicted octanol–water partition coefficient (Wildman–Crippen LogP) is 3.80. The Labute approximate surface area is 237 Å². The fourth-order valence-electron chi connectivity index (χ4n) is 6.08. The van der Waals surface area contributed by atoms with Crippen molar-refractivity contribution in [3.8, 4) is 11.4 Å². The Morgan fingerprint density at radius 3 is 1.88 bits per heavy atom. The first-order valence-electron chi connectivity index (χ1n) is 13.5. The number of benzene rings is 1. The average molecular weight is 587 g/mol. The van der Waals surface area contributed by atoms with Crippen LogP contribution in [0.1, 0.15) is 12.8 Å². The molecule has 0 aliphatic carbocycles. The Balaban J connectivity index is 1.22. The third-order valence-corrected chi connectivity index (χ3v) is 8.01. The first-order chi connectivity index (χ1) is 20.2. The van der Waals surface area contributed by atoms with Crippen molar-refractivity contribution in [2.75, 3.05) is 46.9 Å². The van der Waals surface area contributed by atoms with E-state index in [2.05, 4.69) is 30.6 Å². The quantitative estimate of drug-likeness (QED) is 0.431. The van der Waals surface area contributed by atoms with Crippen LogP contribution < -0.4 is 20.4 Å². The number of fused-ring (bicyclic) bond motifs is 4. The highest BCUT2D eigenvalue weighted by Gasteiger charge is 2.59. The van der Waals surface area contributed by atoms with Gasteiger partial charge in [0.1, 0.15) is 12.1 Å². The topological polar surface area (TPSA) is 118 Å². The van der Waals surface area contributed by atoms with Crippen molar-refractivity contribution in [1.82, 2.24) is 19.9 Å². The summed E-state index contributed by atoms with van der Waals surface area (Å²) in [6.45, 7) is -0.264. The van der Waals surface area contributed by atoms with E-state index in [-0.39, 0.29) is 44.1 Å². The van der Waals surface area contributed by atoms with Gasteiger partial charge in [0.05, 0.1) is 50.4 Å². The molecule has 1 aromatic carbocycles. The van der Waals surface area contributed by atoms with Gasteiger partial charge in [-0.05, 0) is 36.4 Å². The Morgan fingerprint density at radius 2 is 1.36 bits per heavy atom. The Morgan fingerprint density at radius 1 is 0.786 bits per heavy atom. The minimum atomic E-state index is -3.02. The maximum atomic E-state index is 14.9. The predicted molar refractivity (Wildman–Crippen MR) is 143 cm³/mol. The van der Waals surface area contributed by atoms with E-state index in [1.165, 1.54) is 16.0 Å². The molecule has 220 valence electrons. The number of pyridine rings is 1. The van der Waals surface area contributed by atoms with Crippen LogP contribution >= 0.6 is 0 Å². The van der Waals surface area contributed by atoms with E-state index in [0.717, 1.165) is 0 Å². The molecule has 0 radical (unpaired) electrons. The number of urea groups is 1. The first kappa shape index (κ1) is 26.8. The Bertz CT molecular complexity index is 1420. The SMILES string of the molecule is O=C(Nc1ccc(-c2nc(N3C4COCC3C(F)(F)C4)nc(N3C4COCC3C(F)(F)C4)n2)cc1)Nc1cccnc1. The number of hydrogen-bond donors (Lipinski definition) is 2. The summed E-state index contributed by atoms with van der Waals surface area (Å²) in [4.78, 5) is 32.8. The normalized spacial score (nSPS) is 27.1. The molecule has 4 bridgehead atoms. The third-order valence-electron chi connectivity index (χ3n) is 8.01. The van der Waals surface area contributed by atoms with Gasteiger partial charge in [-0.2, -0.15) is 15.0 Å². The number of hydrogen-bond acceptors (Lipinski definition) is 9. The molecule has 7 rings (SSSR count). The van der Waals surface area contributed by atoms with Gasteiger partial charge in [0.15, 0.2) is 5.82 Å². The second-order valence-corrected chi connectivity index (χ2v) is 10.8. The number of halogens is 4. The Hall–Kier alpha value is -4.11. The van der Waals surface area contributed by atoms with Crippen molar-refractivity contribution in [2.24, 2.45) is 0 Å².